The van der Waals surface area contributed by atoms with E-state index in [1.807, 2.05) is 11.5 Å². The van der Waals surface area contributed by atoms with Crippen LogP contribution >= 0.6 is 0 Å². The van der Waals surface area contributed by atoms with Crippen LogP contribution < -0.4 is 5.32 Å². The van der Waals surface area contributed by atoms with Crippen molar-refractivity contribution in [2.24, 2.45) is 0 Å². The maximum Gasteiger partial charge on any atom is 0.415 e. The van der Waals surface area contributed by atoms with Crippen LogP contribution in [-0.2, 0) is 13.1 Å². The van der Waals surface area contributed by atoms with Crippen molar-refractivity contribution in [2.45, 2.75) is 38.7 Å². The lowest BCUT2D eigenvalue weighted by Gasteiger charge is -2.15. The molecule has 0 aromatic carbocycles. The summed E-state index contributed by atoms with van der Waals surface area (Å²) in [7, 11) is 0. The molecule has 0 amide bonds. The molecule has 1 atom stereocenters. The van der Waals surface area contributed by atoms with Crippen molar-refractivity contribution >= 4 is 0 Å². The fraction of sp³-hybridized carbons (Fsp3) is 0.700. The molecule has 0 aliphatic heterocycles. The lowest BCUT2D eigenvalue weighted by Crippen LogP contribution is -2.38. The molecule has 0 saturated heterocycles. The Kier molecular flexibility index (Phi) is 4.95. The van der Waals surface area contributed by atoms with E-state index in [1.165, 1.54) is 0 Å². The van der Waals surface area contributed by atoms with Crippen molar-refractivity contribution in [1.29, 1.82) is 0 Å². The molecular weight excluding hydrogens is 235 g/mol. The molecule has 1 aromatic rings. The van der Waals surface area contributed by atoms with Crippen LogP contribution in [0.5, 0.6) is 0 Å². The minimum atomic E-state index is -4.58. The summed E-state index contributed by atoms with van der Waals surface area (Å²) in [4.78, 5) is 4.03. The van der Waals surface area contributed by atoms with E-state index in [0.29, 0.717) is 5.82 Å². The zero-order chi connectivity index (χ0) is 12.9. The Balaban J connectivity index is 2.38. The van der Waals surface area contributed by atoms with Gasteiger partial charge in [-0.2, -0.15) is 13.2 Å². The zero-order valence-electron chi connectivity index (χ0n) is 9.54. The Morgan fingerprint density at radius 2 is 2.24 bits per heavy atom. The number of hydrogen-bond donors (Lipinski definition) is 2. The van der Waals surface area contributed by atoms with Crippen molar-refractivity contribution in [3.63, 3.8) is 0 Å². The number of aromatic nitrogens is 2. The van der Waals surface area contributed by atoms with Crippen molar-refractivity contribution < 1.29 is 18.3 Å². The number of imidazole rings is 1. The first kappa shape index (κ1) is 14.0. The van der Waals surface area contributed by atoms with Crippen molar-refractivity contribution in [3.8, 4) is 0 Å². The van der Waals surface area contributed by atoms with Crippen LogP contribution in [0.4, 0.5) is 13.2 Å². The summed E-state index contributed by atoms with van der Waals surface area (Å²) in [6.07, 6.45) is -2.61. The number of aliphatic hydroxyl groups is 1. The maximum absolute atomic E-state index is 12.0. The van der Waals surface area contributed by atoms with Gasteiger partial charge in [0.2, 0.25) is 0 Å². The number of nitrogens with one attached hydrogen (secondary N) is 1. The fourth-order valence-corrected chi connectivity index (χ4v) is 1.39. The topological polar surface area (TPSA) is 50.1 Å². The summed E-state index contributed by atoms with van der Waals surface area (Å²) in [6, 6.07) is 0. The van der Waals surface area contributed by atoms with E-state index in [-0.39, 0.29) is 6.54 Å². The Labute approximate surface area is 97.5 Å². The molecule has 0 spiro atoms. The number of nitrogens with zero attached hydrogens (tertiary/aromatic N) is 2. The van der Waals surface area contributed by atoms with Gasteiger partial charge in [0, 0.05) is 25.5 Å². The standard InChI is InChI=1S/C10H16F3N3O/c1-2-4-16-5-3-15-9(16)7-14-6-8(17)10(11,12)13/h3,5,8,14,17H,2,4,6-7H2,1H3. The Morgan fingerprint density at radius 3 is 2.82 bits per heavy atom. The summed E-state index contributed by atoms with van der Waals surface area (Å²) < 4.78 is 37.9. The smallest absolute Gasteiger partial charge is 0.382 e. The molecule has 1 aromatic heterocycles. The highest BCUT2D eigenvalue weighted by Gasteiger charge is 2.37. The molecule has 0 aliphatic rings. The second-order valence-corrected chi connectivity index (χ2v) is 3.73. The van der Waals surface area contributed by atoms with Gasteiger partial charge < -0.3 is 15.0 Å². The first-order valence-electron chi connectivity index (χ1n) is 5.40. The first-order valence-corrected chi connectivity index (χ1v) is 5.40. The second-order valence-electron chi connectivity index (χ2n) is 3.73. The molecular formula is C10H16F3N3O. The van der Waals surface area contributed by atoms with Gasteiger partial charge in [-0.25, -0.2) is 4.98 Å². The molecule has 7 heteroatoms. The van der Waals surface area contributed by atoms with E-state index in [0.717, 1.165) is 13.0 Å². The van der Waals surface area contributed by atoms with Crippen LogP contribution in [0, 0.1) is 0 Å². The van der Waals surface area contributed by atoms with Crippen LogP contribution in [0.2, 0.25) is 0 Å². The third kappa shape index (κ3) is 4.35. The van der Waals surface area contributed by atoms with E-state index < -0.39 is 18.8 Å². The van der Waals surface area contributed by atoms with Gasteiger partial charge in [-0.3, -0.25) is 0 Å². The Hall–Kier alpha value is -1.08. The molecule has 0 aliphatic carbocycles. The fourth-order valence-electron chi connectivity index (χ4n) is 1.39. The van der Waals surface area contributed by atoms with Crippen LogP contribution in [0.1, 0.15) is 19.2 Å². The predicted octanol–water partition coefficient (Wildman–Crippen LogP) is 1.31. The minimum Gasteiger partial charge on any atom is -0.382 e. The SMILES string of the molecule is CCCn1ccnc1CNCC(O)C(F)(F)F. The van der Waals surface area contributed by atoms with Crippen molar-refractivity contribution in [3.05, 3.63) is 18.2 Å². The average molecular weight is 251 g/mol. The highest BCUT2D eigenvalue weighted by atomic mass is 19.4. The molecule has 1 rings (SSSR count). The van der Waals surface area contributed by atoms with Gasteiger partial charge >= 0.3 is 6.18 Å². The minimum absolute atomic E-state index is 0.208. The number of rotatable bonds is 6. The Morgan fingerprint density at radius 1 is 1.53 bits per heavy atom. The van der Waals surface area contributed by atoms with Gasteiger partial charge in [0.25, 0.3) is 0 Å². The third-order valence-electron chi connectivity index (χ3n) is 2.26. The largest absolute Gasteiger partial charge is 0.415 e. The van der Waals surface area contributed by atoms with Crippen LogP contribution in [-0.4, -0.2) is 33.5 Å². The van der Waals surface area contributed by atoms with Crippen LogP contribution in [0.25, 0.3) is 0 Å². The molecule has 0 bridgehead atoms. The lowest BCUT2D eigenvalue weighted by atomic mass is 10.3. The molecule has 0 saturated carbocycles. The lowest BCUT2D eigenvalue weighted by molar-refractivity contribution is -0.201. The summed E-state index contributed by atoms with van der Waals surface area (Å²) in [5.74, 6) is 0.668. The van der Waals surface area contributed by atoms with Crippen LogP contribution in [0.15, 0.2) is 12.4 Å². The Bertz CT molecular complexity index is 338. The molecule has 98 valence electrons. The van der Waals surface area contributed by atoms with E-state index in [4.69, 9.17) is 5.11 Å². The number of halogens is 3. The number of aliphatic hydroxyl groups excluding tert-OH is 1. The highest BCUT2D eigenvalue weighted by Crippen LogP contribution is 2.19. The second kappa shape index (κ2) is 6.02. The summed E-state index contributed by atoms with van der Waals surface area (Å²) in [5.41, 5.74) is 0. The van der Waals surface area contributed by atoms with Gasteiger partial charge in [-0.15, -0.1) is 0 Å². The molecule has 2 N–H and O–H groups in total. The van der Waals surface area contributed by atoms with E-state index in [1.54, 1.807) is 12.4 Å². The van der Waals surface area contributed by atoms with Crippen molar-refractivity contribution in [2.75, 3.05) is 6.54 Å². The molecule has 17 heavy (non-hydrogen) atoms. The van der Waals surface area contributed by atoms with Crippen molar-refractivity contribution in [1.82, 2.24) is 14.9 Å². The van der Waals surface area contributed by atoms with Gasteiger partial charge in [-0.05, 0) is 6.42 Å². The van der Waals surface area contributed by atoms with E-state index >= 15 is 0 Å². The predicted molar refractivity (Wildman–Crippen MR) is 56.3 cm³/mol. The summed E-state index contributed by atoms with van der Waals surface area (Å²) in [5, 5.41) is 11.3. The van der Waals surface area contributed by atoms with Gasteiger partial charge in [-0.1, -0.05) is 6.92 Å². The van der Waals surface area contributed by atoms with Gasteiger partial charge in [0.15, 0.2) is 6.10 Å². The molecule has 1 unspecified atom stereocenters. The number of hydrogen-bond acceptors (Lipinski definition) is 3. The normalized spacial score (nSPS) is 13.9. The highest BCUT2D eigenvalue weighted by molar-refractivity contribution is 4.92. The third-order valence-corrected chi connectivity index (χ3v) is 2.26. The maximum atomic E-state index is 12.0. The quantitative estimate of drug-likeness (QED) is 0.801. The van der Waals surface area contributed by atoms with E-state index in [2.05, 4.69) is 10.3 Å². The van der Waals surface area contributed by atoms with Gasteiger partial charge in [0.05, 0.1) is 6.54 Å². The molecule has 0 fully saturated rings. The number of alkyl halides is 3. The molecule has 0 radical (unpaired) electrons. The van der Waals surface area contributed by atoms with Crippen LogP contribution in [0.3, 0.4) is 0 Å². The molecule has 1 heterocycles. The summed E-state index contributed by atoms with van der Waals surface area (Å²) in [6.45, 7) is 2.46. The monoisotopic (exact) mass is 251 g/mol. The van der Waals surface area contributed by atoms with E-state index in [9.17, 15) is 13.2 Å². The summed E-state index contributed by atoms with van der Waals surface area (Å²) >= 11 is 0. The average Bonchev–Trinajstić information content (AvgIpc) is 2.65. The zero-order valence-corrected chi connectivity index (χ0v) is 9.54. The molecule has 4 nitrogen and oxygen atoms in total. The van der Waals surface area contributed by atoms with Gasteiger partial charge in [0.1, 0.15) is 5.82 Å². The number of aryl methyl sites for hydroxylation is 1. The first-order chi connectivity index (χ1) is 7.95.